The zero-order valence-electron chi connectivity index (χ0n) is 15.3. The monoisotopic (exact) mass is 338 g/mol. The van der Waals surface area contributed by atoms with Gasteiger partial charge >= 0.3 is 0 Å². The van der Waals surface area contributed by atoms with Crippen LogP contribution in [0, 0.1) is 0 Å². The van der Waals surface area contributed by atoms with Crippen molar-refractivity contribution < 1.29 is 4.42 Å². The summed E-state index contributed by atoms with van der Waals surface area (Å²) in [6.45, 7) is 3.25. The van der Waals surface area contributed by atoms with Gasteiger partial charge in [0.25, 0.3) is 0 Å². The molecular weight excluding hydrogens is 312 g/mol. The predicted molar refractivity (Wildman–Crippen MR) is 101 cm³/mol. The van der Waals surface area contributed by atoms with Gasteiger partial charge in [0.1, 0.15) is 11.4 Å². The fraction of sp³-hybridized carbons (Fsp3) is 0.450. The van der Waals surface area contributed by atoms with Crippen molar-refractivity contribution in [2.45, 2.75) is 24.9 Å². The van der Waals surface area contributed by atoms with E-state index in [0.29, 0.717) is 0 Å². The van der Waals surface area contributed by atoms with Gasteiger partial charge < -0.3 is 18.8 Å². The molecule has 132 valence electrons. The SMILES string of the molecule is CN1CCC(Cn2ccnc2-c2ccc3occc3c2)(N(C)C)CC1. The van der Waals surface area contributed by atoms with Gasteiger partial charge in [-0.3, -0.25) is 0 Å². The number of nitrogens with zero attached hydrogens (tertiary/aromatic N) is 4. The minimum Gasteiger partial charge on any atom is -0.464 e. The maximum Gasteiger partial charge on any atom is 0.139 e. The quantitative estimate of drug-likeness (QED) is 0.731. The van der Waals surface area contributed by atoms with Crippen molar-refractivity contribution in [3.05, 3.63) is 42.9 Å². The van der Waals surface area contributed by atoms with Crippen LogP contribution in [-0.4, -0.2) is 59.1 Å². The highest BCUT2D eigenvalue weighted by Gasteiger charge is 2.36. The van der Waals surface area contributed by atoms with Crippen LogP contribution >= 0.6 is 0 Å². The van der Waals surface area contributed by atoms with E-state index in [-0.39, 0.29) is 5.54 Å². The molecule has 5 heteroatoms. The number of likely N-dealkylation sites (tertiary alicyclic amines) is 1. The summed E-state index contributed by atoms with van der Waals surface area (Å²) in [5.41, 5.74) is 2.24. The van der Waals surface area contributed by atoms with Crippen LogP contribution in [-0.2, 0) is 6.54 Å². The number of hydrogen-bond donors (Lipinski definition) is 0. The molecule has 0 aliphatic carbocycles. The van der Waals surface area contributed by atoms with Gasteiger partial charge in [0.05, 0.1) is 6.26 Å². The van der Waals surface area contributed by atoms with Gasteiger partial charge in [-0.05, 0) is 71.3 Å². The lowest BCUT2D eigenvalue weighted by Crippen LogP contribution is -2.54. The molecule has 0 N–H and O–H groups in total. The Labute approximate surface area is 148 Å². The first-order valence-electron chi connectivity index (χ1n) is 8.92. The lowest BCUT2D eigenvalue weighted by molar-refractivity contribution is 0.0515. The second-order valence-electron chi connectivity index (χ2n) is 7.47. The standard InChI is InChI=1S/C20H26N4O/c1-22(2)20(7-10-23(3)11-8-20)15-24-12-9-21-19(24)17-4-5-18-16(14-17)6-13-25-18/h4-6,9,12-14H,7-8,10-11,15H2,1-3H3. The highest BCUT2D eigenvalue weighted by molar-refractivity contribution is 5.82. The Morgan fingerprint density at radius 1 is 1.20 bits per heavy atom. The van der Waals surface area contributed by atoms with Crippen molar-refractivity contribution in [2.75, 3.05) is 34.2 Å². The van der Waals surface area contributed by atoms with Gasteiger partial charge in [-0.25, -0.2) is 4.98 Å². The number of imidazole rings is 1. The zero-order valence-corrected chi connectivity index (χ0v) is 15.3. The molecule has 1 saturated heterocycles. The number of benzene rings is 1. The van der Waals surface area contributed by atoms with E-state index in [4.69, 9.17) is 4.42 Å². The molecule has 0 saturated carbocycles. The van der Waals surface area contributed by atoms with Crippen LogP contribution in [0.5, 0.6) is 0 Å². The highest BCUT2D eigenvalue weighted by atomic mass is 16.3. The molecule has 1 fully saturated rings. The molecule has 0 amide bonds. The number of aromatic nitrogens is 2. The number of hydrogen-bond acceptors (Lipinski definition) is 4. The summed E-state index contributed by atoms with van der Waals surface area (Å²) >= 11 is 0. The third kappa shape index (κ3) is 2.98. The Kier molecular flexibility index (Phi) is 4.13. The predicted octanol–water partition coefficient (Wildman–Crippen LogP) is 3.32. The van der Waals surface area contributed by atoms with E-state index in [9.17, 15) is 0 Å². The van der Waals surface area contributed by atoms with Crippen molar-refractivity contribution in [3.63, 3.8) is 0 Å². The smallest absolute Gasteiger partial charge is 0.139 e. The lowest BCUT2D eigenvalue weighted by atomic mass is 9.86. The van der Waals surface area contributed by atoms with Crippen LogP contribution in [0.2, 0.25) is 0 Å². The van der Waals surface area contributed by atoms with E-state index in [2.05, 4.69) is 58.8 Å². The normalized spacial score (nSPS) is 18.2. The molecular formula is C20H26N4O. The number of furan rings is 1. The molecule has 25 heavy (non-hydrogen) atoms. The summed E-state index contributed by atoms with van der Waals surface area (Å²) < 4.78 is 7.77. The molecule has 0 radical (unpaired) electrons. The van der Waals surface area contributed by atoms with Crippen molar-refractivity contribution in [3.8, 4) is 11.4 Å². The third-order valence-corrected chi connectivity index (χ3v) is 5.76. The molecule has 0 atom stereocenters. The van der Waals surface area contributed by atoms with Crippen LogP contribution in [0.4, 0.5) is 0 Å². The first-order chi connectivity index (χ1) is 12.1. The maximum atomic E-state index is 5.46. The minimum absolute atomic E-state index is 0.182. The molecule has 2 aromatic heterocycles. The zero-order chi connectivity index (χ0) is 17.4. The first-order valence-corrected chi connectivity index (χ1v) is 8.92. The van der Waals surface area contributed by atoms with Gasteiger partial charge in [0.2, 0.25) is 0 Å². The van der Waals surface area contributed by atoms with Crippen LogP contribution in [0.25, 0.3) is 22.4 Å². The van der Waals surface area contributed by atoms with Crippen molar-refractivity contribution in [1.82, 2.24) is 19.4 Å². The minimum atomic E-state index is 0.182. The van der Waals surface area contributed by atoms with Crippen LogP contribution in [0.3, 0.4) is 0 Å². The Morgan fingerprint density at radius 2 is 2.00 bits per heavy atom. The van der Waals surface area contributed by atoms with Gasteiger partial charge in [-0.1, -0.05) is 0 Å². The summed E-state index contributed by atoms with van der Waals surface area (Å²) in [6, 6.07) is 8.29. The average Bonchev–Trinajstić information content (AvgIpc) is 3.25. The molecule has 1 aliphatic heterocycles. The van der Waals surface area contributed by atoms with E-state index in [0.717, 1.165) is 42.0 Å². The first kappa shape index (κ1) is 16.4. The van der Waals surface area contributed by atoms with Crippen molar-refractivity contribution in [2.24, 2.45) is 0 Å². The second-order valence-corrected chi connectivity index (χ2v) is 7.47. The van der Waals surface area contributed by atoms with E-state index in [1.807, 2.05) is 18.3 Å². The van der Waals surface area contributed by atoms with E-state index < -0.39 is 0 Å². The lowest BCUT2D eigenvalue weighted by Gasteiger charge is -2.45. The maximum absolute atomic E-state index is 5.46. The summed E-state index contributed by atoms with van der Waals surface area (Å²) in [5, 5.41) is 1.12. The number of fused-ring (bicyclic) bond motifs is 1. The summed E-state index contributed by atoms with van der Waals surface area (Å²) in [5.74, 6) is 1.03. The Hall–Kier alpha value is -2.11. The topological polar surface area (TPSA) is 37.4 Å². The number of piperidine rings is 1. The van der Waals surface area contributed by atoms with E-state index in [1.54, 1.807) is 6.26 Å². The molecule has 5 nitrogen and oxygen atoms in total. The number of rotatable bonds is 4. The molecule has 1 aromatic carbocycles. The van der Waals surface area contributed by atoms with E-state index in [1.165, 1.54) is 12.8 Å². The largest absolute Gasteiger partial charge is 0.464 e. The van der Waals surface area contributed by atoms with Crippen LogP contribution < -0.4 is 0 Å². The average molecular weight is 338 g/mol. The molecule has 0 unspecified atom stereocenters. The van der Waals surface area contributed by atoms with Crippen LogP contribution in [0.15, 0.2) is 47.3 Å². The fourth-order valence-electron chi connectivity index (χ4n) is 3.90. The Balaban J connectivity index is 1.66. The van der Waals surface area contributed by atoms with Gasteiger partial charge in [0.15, 0.2) is 0 Å². The van der Waals surface area contributed by atoms with Crippen molar-refractivity contribution in [1.29, 1.82) is 0 Å². The molecule has 3 aromatic rings. The van der Waals surface area contributed by atoms with Crippen LogP contribution in [0.1, 0.15) is 12.8 Å². The Morgan fingerprint density at radius 3 is 2.76 bits per heavy atom. The van der Waals surface area contributed by atoms with Gasteiger partial charge in [-0.15, -0.1) is 0 Å². The third-order valence-electron chi connectivity index (χ3n) is 5.76. The van der Waals surface area contributed by atoms with Crippen molar-refractivity contribution >= 4 is 11.0 Å². The summed E-state index contributed by atoms with van der Waals surface area (Å²) in [7, 11) is 6.63. The molecule has 1 aliphatic rings. The van der Waals surface area contributed by atoms with Gasteiger partial charge in [-0.2, -0.15) is 0 Å². The molecule has 0 bridgehead atoms. The molecule has 3 heterocycles. The van der Waals surface area contributed by atoms with Gasteiger partial charge in [0, 0.05) is 35.4 Å². The Bertz CT molecular complexity index is 855. The fourth-order valence-corrected chi connectivity index (χ4v) is 3.90. The highest BCUT2D eigenvalue weighted by Crippen LogP contribution is 2.31. The summed E-state index contributed by atoms with van der Waals surface area (Å²) in [4.78, 5) is 9.48. The molecule has 0 spiro atoms. The summed E-state index contributed by atoms with van der Waals surface area (Å²) in [6.07, 6.45) is 8.11. The van der Waals surface area contributed by atoms with E-state index >= 15 is 0 Å². The molecule has 4 rings (SSSR count). The number of likely N-dealkylation sites (N-methyl/N-ethyl adjacent to an activating group) is 1. The second kappa shape index (κ2) is 6.32.